The highest BCUT2D eigenvalue weighted by Crippen LogP contribution is 2.24. The lowest BCUT2D eigenvalue weighted by molar-refractivity contribution is 0.624. The zero-order valence-corrected chi connectivity index (χ0v) is 15.1. The third kappa shape index (κ3) is 3.35. The summed E-state index contributed by atoms with van der Waals surface area (Å²) >= 11 is 5.90. The van der Waals surface area contributed by atoms with E-state index in [1.54, 1.807) is 29.3 Å². The van der Waals surface area contributed by atoms with Gasteiger partial charge in [0, 0.05) is 44.1 Å². The Hall–Kier alpha value is -2.67. The van der Waals surface area contributed by atoms with Gasteiger partial charge >= 0.3 is 0 Å². The molecule has 1 aliphatic heterocycles. The predicted octanol–water partition coefficient (Wildman–Crippen LogP) is 3.09. The van der Waals surface area contributed by atoms with Crippen LogP contribution >= 0.6 is 11.6 Å². The van der Waals surface area contributed by atoms with Crippen molar-refractivity contribution >= 4 is 23.1 Å². The van der Waals surface area contributed by atoms with Crippen LogP contribution in [0.15, 0.2) is 43.0 Å². The fourth-order valence-electron chi connectivity index (χ4n) is 3.05. The molecule has 0 radical (unpaired) electrons. The van der Waals surface area contributed by atoms with Gasteiger partial charge in [0.05, 0.1) is 11.2 Å². The van der Waals surface area contributed by atoms with E-state index in [1.807, 2.05) is 19.2 Å². The van der Waals surface area contributed by atoms with Gasteiger partial charge in [-0.3, -0.25) is 0 Å². The Morgan fingerprint density at radius 3 is 2.42 bits per heavy atom. The Labute approximate surface area is 155 Å². The van der Waals surface area contributed by atoms with Crippen molar-refractivity contribution in [1.29, 1.82) is 0 Å². The van der Waals surface area contributed by atoms with Gasteiger partial charge in [0.15, 0.2) is 5.82 Å². The third-order valence-corrected chi connectivity index (χ3v) is 4.75. The van der Waals surface area contributed by atoms with Gasteiger partial charge in [-0.25, -0.2) is 19.0 Å². The fourth-order valence-corrected chi connectivity index (χ4v) is 3.22. The summed E-state index contributed by atoms with van der Waals surface area (Å²) in [6.45, 7) is 5.23. The van der Waals surface area contributed by atoms with Crippen LogP contribution in [0, 0.1) is 12.7 Å². The molecule has 8 heteroatoms. The first-order valence-corrected chi connectivity index (χ1v) is 8.76. The highest BCUT2D eigenvalue weighted by Gasteiger charge is 2.19. The van der Waals surface area contributed by atoms with Crippen LogP contribution in [0.3, 0.4) is 0 Å². The summed E-state index contributed by atoms with van der Waals surface area (Å²) in [5.74, 6) is 1.23. The molecule has 26 heavy (non-hydrogen) atoms. The topological polar surface area (TPSA) is 50.1 Å². The molecule has 1 saturated heterocycles. The molecule has 0 aliphatic carbocycles. The van der Waals surface area contributed by atoms with Gasteiger partial charge in [-0.15, -0.1) is 0 Å². The van der Waals surface area contributed by atoms with Crippen molar-refractivity contribution < 1.29 is 4.39 Å². The lowest BCUT2D eigenvalue weighted by Gasteiger charge is -2.36. The van der Waals surface area contributed by atoms with Crippen LogP contribution in [0.1, 0.15) is 5.56 Å². The van der Waals surface area contributed by atoms with E-state index in [2.05, 4.69) is 24.9 Å². The zero-order valence-electron chi connectivity index (χ0n) is 14.3. The van der Waals surface area contributed by atoms with Gasteiger partial charge in [-0.05, 0) is 30.7 Å². The van der Waals surface area contributed by atoms with Crippen molar-refractivity contribution in [3.63, 3.8) is 0 Å². The second kappa shape index (κ2) is 6.92. The van der Waals surface area contributed by atoms with Crippen molar-refractivity contribution in [3.05, 3.63) is 59.4 Å². The number of anilines is 2. The highest BCUT2D eigenvalue weighted by atomic mass is 35.5. The quantitative estimate of drug-likeness (QED) is 0.707. The number of rotatable bonds is 3. The maximum absolute atomic E-state index is 13.3. The molecule has 3 aromatic rings. The Morgan fingerprint density at radius 2 is 1.73 bits per heavy atom. The minimum Gasteiger partial charge on any atom is -0.368 e. The van der Waals surface area contributed by atoms with E-state index in [0.29, 0.717) is 0 Å². The Bertz CT molecular complexity index is 920. The number of piperazine rings is 1. The molecule has 1 aliphatic rings. The van der Waals surface area contributed by atoms with Crippen LogP contribution in [-0.4, -0.2) is 45.9 Å². The van der Waals surface area contributed by atoms with Gasteiger partial charge < -0.3 is 9.80 Å². The van der Waals surface area contributed by atoms with Crippen molar-refractivity contribution in [2.45, 2.75) is 6.92 Å². The van der Waals surface area contributed by atoms with Crippen LogP contribution in [0.4, 0.5) is 15.9 Å². The summed E-state index contributed by atoms with van der Waals surface area (Å²) in [6, 6.07) is 6.79. The van der Waals surface area contributed by atoms with Gasteiger partial charge in [-0.1, -0.05) is 11.6 Å². The molecule has 0 amide bonds. The molecule has 0 unspecified atom stereocenters. The monoisotopic (exact) mass is 372 g/mol. The standard InChI is InChI=1S/C18H18ClFN6/c1-13-10-23-26(11-13)18-9-17(21-12-22-18)25-6-4-24(5-7-25)14-2-3-16(20)15(19)8-14/h2-3,8-12H,4-7H2,1H3. The summed E-state index contributed by atoms with van der Waals surface area (Å²) in [4.78, 5) is 13.1. The third-order valence-electron chi connectivity index (χ3n) is 4.46. The Kier molecular flexibility index (Phi) is 4.46. The first kappa shape index (κ1) is 16.8. The van der Waals surface area contributed by atoms with Crippen molar-refractivity contribution in [3.8, 4) is 5.82 Å². The molecule has 0 bridgehead atoms. The molecular weight excluding hydrogens is 355 g/mol. The van der Waals surface area contributed by atoms with Gasteiger partial charge in [0.2, 0.25) is 0 Å². The smallest absolute Gasteiger partial charge is 0.158 e. The first-order valence-electron chi connectivity index (χ1n) is 8.39. The van der Waals surface area contributed by atoms with Gasteiger partial charge in [0.25, 0.3) is 0 Å². The molecule has 134 valence electrons. The molecule has 3 heterocycles. The summed E-state index contributed by atoms with van der Waals surface area (Å²) in [5.41, 5.74) is 2.02. The number of aryl methyl sites for hydroxylation is 1. The number of hydrogen-bond donors (Lipinski definition) is 0. The minimum atomic E-state index is -0.392. The second-order valence-corrected chi connectivity index (χ2v) is 6.68. The number of halogens is 2. The van der Waals surface area contributed by atoms with Crippen molar-refractivity contribution in [1.82, 2.24) is 19.7 Å². The molecule has 0 spiro atoms. The molecule has 4 rings (SSSR count). The number of benzene rings is 1. The van der Waals surface area contributed by atoms with E-state index in [0.717, 1.165) is 49.1 Å². The average molecular weight is 373 g/mol. The predicted molar refractivity (Wildman–Crippen MR) is 99.7 cm³/mol. The van der Waals surface area contributed by atoms with E-state index >= 15 is 0 Å². The lowest BCUT2D eigenvalue weighted by Crippen LogP contribution is -2.46. The largest absolute Gasteiger partial charge is 0.368 e. The lowest BCUT2D eigenvalue weighted by atomic mass is 10.2. The molecule has 1 aromatic carbocycles. The first-order chi connectivity index (χ1) is 12.6. The van der Waals surface area contributed by atoms with E-state index < -0.39 is 5.82 Å². The van der Waals surface area contributed by atoms with E-state index in [4.69, 9.17) is 11.6 Å². The van der Waals surface area contributed by atoms with E-state index in [-0.39, 0.29) is 5.02 Å². The number of nitrogens with zero attached hydrogens (tertiary/aromatic N) is 6. The number of hydrogen-bond acceptors (Lipinski definition) is 5. The van der Waals surface area contributed by atoms with Gasteiger partial charge in [-0.2, -0.15) is 5.10 Å². The summed E-state index contributed by atoms with van der Waals surface area (Å²) in [6.07, 6.45) is 5.30. The Morgan fingerprint density at radius 1 is 1.00 bits per heavy atom. The van der Waals surface area contributed by atoms with Crippen LogP contribution in [0.2, 0.25) is 5.02 Å². The molecule has 2 aromatic heterocycles. The summed E-state index contributed by atoms with van der Waals surface area (Å²) in [7, 11) is 0. The fraction of sp³-hybridized carbons (Fsp3) is 0.278. The molecule has 1 fully saturated rings. The maximum atomic E-state index is 13.3. The van der Waals surface area contributed by atoms with Crippen LogP contribution in [0.25, 0.3) is 5.82 Å². The van der Waals surface area contributed by atoms with Crippen molar-refractivity contribution in [2.24, 2.45) is 0 Å². The molecular formula is C18H18ClFN6. The second-order valence-electron chi connectivity index (χ2n) is 6.27. The van der Waals surface area contributed by atoms with E-state index in [9.17, 15) is 4.39 Å². The van der Waals surface area contributed by atoms with Gasteiger partial charge in [0.1, 0.15) is 18.0 Å². The Balaban J connectivity index is 1.47. The number of aromatic nitrogens is 4. The summed E-state index contributed by atoms with van der Waals surface area (Å²) < 4.78 is 15.1. The molecule has 6 nitrogen and oxygen atoms in total. The average Bonchev–Trinajstić information content (AvgIpc) is 3.11. The van der Waals surface area contributed by atoms with Crippen LogP contribution < -0.4 is 9.80 Å². The van der Waals surface area contributed by atoms with Crippen LogP contribution in [-0.2, 0) is 0 Å². The minimum absolute atomic E-state index is 0.153. The van der Waals surface area contributed by atoms with Crippen LogP contribution in [0.5, 0.6) is 0 Å². The SMILES string of the molecule is Cc1cnn(-c2cc(N3CCN(c4ccc(F)c(Cl)c4)CC3)ncn2)c1. The molecule has 0 N–H and O–H groups in total. The molecule has 0 saturated carbocycles. The van der Waals surface area contributed by atoms with Crippen molar-refractivity contribution in [2.75, 3.05) is 36.0 Å². The maximum Gasteiger partial charge on any atom is 0.158 e. The zero-order chi connectivity index (χ0) is 18.1. The van der Waals surface area contributed by atoms with E-state index in [1.165, 1.54) is 6.07 Å². The summed E-state index contributed by atoms with van der Waals surface area (Å²) in [5, 5.41) is 4.45. The highest BCUT2D eigenvalue weighted by molar-refractivity contribution is 6.31. The normalized spacial score (nSPS) is 14.7. The molecule has 0 atom stereocenters.